The normalized spacial score (nSPS) is 18.8. The van der Waals surface area contributed by atoms with E-state index in [0.29, 0.717) is 11.6 Å². The SMILES string of the molecule is Cc1csc(SC2CCN(c3ccccc3Cl)C2=O)n1. The van der Waals surface area contributed by atoms with Gasteiger partial charge in [0, 0.05) is 17.6 Å². The first-order valence-corrected chi connectivity index (χ1v) is 8.43. The molecule has 20 heavy (non-hydrogen) atoms. The van der Waals surface area contributed by atoms with E-state index in [9.17, 15) is 4.79 Å². The van der Waals surface area contributed by atoms with Crippen molar-refractivity contribution >= 4 is 46.3 Å². The second kappa shape index (κ2) is 5.76. The van der Waals surface area contributed by atoms with E-state index >= 15 is 0 Å². The predicted octanol–water partition coefficient (Wildman–Crippen LogP) is 4.00. The van der Waals surface area contributed by atoms with E-state index in [4.69, 9.17) is 11.6 Å². The maximum atomic E-state index is 12.5. The van der Waals surface area contributed by atoms with Gasteiger partial charge >= 0.3 is 0 Å². The Morgan fingerprint density at radius 2 is 2.25 bits per heavy atom. The van der Waals surface area contributed by atoms with Crippen molar-refractivity contribution in [1.29, 1.82) is 0 Å². The molecule has 1 aliphatic heterocycles. The molecule has 0 saturated carbocycles. The number of benzene rings is 1. The van der Waals surface area contributed by atoms with Crippen molar-refractivity contribution in [2.75, 3.05) is 11.4 Å². The largest absolute Gasteiger partial charge is 0.310 e. The van der Waals surface area contributed by atoms with Crippen LogP contribution in [0.1, 0.15) is 12.1 Å². The zero-order chi connectivity index (χ0) is 14.1. The summed E-state index contributed by atoms with van der Waals surface area (Å²) in [6.45, 7) is 2.68. The highest BCUT2D eigenvalue weighted by Crippen LogP contribution is 2.36. The molecule has 0 N–H and O–H groups in total. The number of hydrogen-bond acceptors (Lipinski definition) is 4. The van der Waals surface area contributed by atoms with Gasteiger partial charge in [-0.2, -0.15) is 0 Å². The van der Waals surface area contributed by atoms with Gasteiger partial charge in [0.2, 0.25) is 5.91 Å². The Hall–Kier alpha value is -1.04. The average molecular weight is 325 g/mol. The summed E-state index contributed by atoms with van der Waals surface area (Å²) in [5, 5.41) is 2.57. The lowest BCUT2D eigenvalue weighted by molar-refractivity contribution is -0.116. The Balaban J connectivity index is 1.76. The first-order chi connectivity index (χ1) is 9.65. The molecule has 104 valence electrons. The molecule has 0 spiro atoms. The van der Waals surface area contributed by atoms with Crippen LogP contribution in [0, 0.1) is 6.92 Å². The summed E-state index contributed by atoms with van der Waals surface area (Å²) in [6, 6.07) is 7.48. The lowest BCUT2D eigenvalue weighted by Crippen LogP contribution is -2.28. The Morgan fingerprint density at radius 1 is 1.45 bits per heavy atom. The number of halogens is 1. The summed E-state index contributed by atoms with van der Waals surface area (Å²) in [5.41, 5.74) is 1.81. The van der Waals surface area contributed by atoms with Crippen molar-refractivity contribution in [3.05, 3.63) is 40.4 Å². The number of aryl methyl sites for hydroxylation is 1. The number of hydrogen-bond donors (Lipinski definition) is 0. The number of para-hydroxylation sites is 1. The number of anilines is 1. The van der Waals surface area contributed by atoms with E-state index < -0.39 is 0 Å². The van der Waals surface area contributed by atoms with E-state index in [1.807, 2.05) is 36.6 Å². The van der Waals surface area contributed by atoms with Gasteiger partial charge in [-0.25, -0.2) is 4.98 Å². The van der Waals surface area contributed by atoms with Crippen LogP contribution in [0.3, 0.4) is 0 Å². The number of thiazole rings is 1. The van der Waals surface area contributed by atoms with Gasteiger partial charge in [0.05, 0.1) is 16.0 Å². The van der Waals surface area contributed by atoms with Crippen molar-refractivity contribution in [2.45, 2.75) is 22.9 Å². The van der Waals surface area contributed by atoms with Crippen LogP contribution in [0.25, 0.3) is 0 Å². The summed E-state index contributed by atoms with van der Waals surface area (Å²) in [4.78, 5) is 18.7. The van der Waals surface area contributed by atoms with Gasteiger partial charge in [-0.3, -0.25) is 4.79 Å². The van der Waals surface area contributed by atoms with E-state index in [1.54, 1.807) is 28.0 Å². The van der Waals surface area contributed by atoms with Gasteiger partial charge in [-0.1, -0.05) is 35.5 Å². The molecule has 0 aliphatic carbocycles. The second-order valence-electron chi connectivity index (χ2n) is 4.59. The maximum absolute atomic E-state index is 12.5. The van der Waals surface area contributed by atoms with Crippen LogP contribution in [0.2, 0.25) is 5.02 Å². The molecule has 3 rings (SSSR count). The fraction of sp³-hybridized carbons (Fsp3) is 0.286. The van der Waals surface area contributed by atoms with Crippen molar-refractivity contribution < 1.29 is 4.79 Å². The third kappa shape index (κ3) is 2.71. The molecule has 2 heterocycles. The molecule has 6 heteroatoms. The molecule has 1 aromatic carbocycles. The van der Waals surface area contributed by atoms with E-state index in [0.717, 1.165) is 22.1 Å². The summed E-state index contributed by atoms with van der Waals surface area (Å²) in [5.74, 6) is 0.121. The third-order valence-corrected chi connectivity index (χ3v) is 5.80. The van der Waals surface area contributed by atoms with E-state index in [2.05, 4.69) is 4.98 Å². The highest BCUT2D eigenvalue weighted by atomic mass is 35.5. The molecule has 0 radical (unpaired) electrons. The summed E-state index contributed by atoms with van der Waals surface area (Å²) in [7, 11) is 0. The molecule has 0 bridgehead atoms. The number of nitrogens with zero attached hydrogens (tertiary/aromatic N) is 2. The van der Waals surface area contributed by atoms with Gasteiger partial charge in [-0.15, -0.1) is 11.3 Å². The summed E-state index contributed by atoms with van der Waals surface area (Å²) >= 11 is 9.32. The van der Waals surface area contributed by atoms with Crippen LogP contribution in [0.4, 0.5) is 5.69 Å². The minimum absolute atomic E-state index is 0.0585. The van der Waals surface area contributed by atoms with Gasteiger partial charge in [0.25, 0.3) is 0 Å². The van der Waals surface area contributed by atoms with E-state index in [-0.39, 0.29) is 11.2 Å². The van der Waals surface area contributed by atoms with Crippen molar-refractivity contribution in [3.63, 3.8) is 0 Å². The highest BCUT2D eigenvalue weighted by Gasteiger charge is 2.34. The fourth-order valence-electron chi connectivity index (χ4n) is 2.18. The van der Waals surface area contributed by atoms with Crippen molar-refractivity contribution in [3.8, 4) is 0 Å². The molecule has 1 aliphatic rings. The number of amides is 1. The first-order valence-electron chi connectivity index (χ1n) is 6.30. The molecule has 1 atom stereocenters. The molecule has 2 aromatic rings. The Bertz CT molecular complexity index is 644. The highest BCUT2D eigenvalue weighted by molar-refractivity contribution is 8.02. The Morgan fingerprint density at radius 3 is 2.95 bits per heavy atom. The topological polar surface area (TPSA) is 33.2 Å². The zero-order valence-electron chi connectivity index (χ0n) is 10.9. The first kappa shape index (κ1) is 13.9. The van der Waals surface area contributed by atoms with Crippen molar-refractivity contribution in [1.82, 2.24) is 4.98 Å². The average Bonchev–Trinajstić information content (AvgIpc) is 2.99. The van der Waals surface area contributed by atoms with Crippen LogP contribution < -0.4 is 4.90 Å². The summed E-state index contributed by atoms with van der Waals surface area (Å²) < 4.78 is 0.960. The smallest absolute Gasteiger partial charge is 0.240 e. The summed E-state index contributed by atoms with van der Waals surface area (Å²) in [6.07, 6.45) is 0.827. The van der Waals surface area contributed by atoms with Crippen molar-refractivity contribution in [2.24, 2.45) is 0 Å². The quantitative estimate of drug-likeness (QED) is 0.855. The van der Waals surface area contributed by atoms with Gasteiger partial charge in [-0.05, 0) is 25.5 Å². The van der Waals surface area contributed by atoms with E-state index in [1.165, 1.54) is 0 Å². The minimum atomic E-state index is -0.0585. The van der Waals surface area contributed by atoms with Crippen LogP contribution in [-0.2, 0) is 4.79 Å². The lowest BCUT2D eigenvalue weighted by atomic mass is 10.3. The molecular weight excluding hydrogens is 312 g/mol. The Labute approximate surface area is 131 Å². The van der Waals surface area contributed by atoms with Crippen LogP contribution in [0.15, 0.2) is 34.0 Å². The second-order valence-corrected chi connectivity index (χ2v) is 7.31. The molecule has 1 amide bonds. The number of thioether (sulfide) groups is 1. The molecule has 3 nitrogen and oxygen atoms in total. The fourth-order valence-corrected chi connectivity index (χ4v) is 4.55. The van der Waals surface area contributed by atoms with Gasteiger partial charge in [0.15, 0.2) is 4.34 Å². The van der Waals surface area contributed by atoms with Crippen LogP contribution in [-0.4, -0.2) is 22.7 Å². The molecular formula is C14H13ClN2OS2. The minimum Gasteiger partial charge on any atom is -0.310 e. The number of carbonyl (C=O) groups is 1. The van der Waals surface area contributed by atoms with Crippen LogP contribution in [0.5, 0.6) is 0 Å². The third-order valence-electron chi connectivity index (χ3n) is 3.14. The standard InChI is InChI=1S/C14H13ClN2OS2/c1-9-8-19-14(16-9)20-12-6-7-17(13(12)18)11-5-3-2-4-10(11)15/h2-5,8,12H,6-7H2,1H3. The molecule has 1 unspecified atom stereocenters. The zero-order valence-corrected chi connectivity index (χ0v) is 13.3. The molecule has 1 saturated heterocycles. The number of aromatic nitrogens is 1. The maximum Gasteiger partial charge on any atom is 0.240 e. The molecule has 1 aromatic heterocycles. The van der Waals surface area contributed by atoms with Crippen LogP contribution >= 0.6 is 34.7 Å². The Kier molecular flexibility index (Phi) is 4.01. The lowest BCUT2D eigenvalue weighted by Gasteiger charge is -2.17. The van der Waals surface area contributed by atoms with Gasteiger partial charge in [0.1, 0.15) is 0 Å². The predicted molar refractivity (Wildman–Crippen MR) is 84.9 cm³/mol. The van der Waals surface area contributed by atoms with Gasteiger partial charge < -0.3 is 4.90 Å². The molecule has 1 fully saturated rings. The monoisotopic (exact) mass is 324 g/mol. The number of carbonyl (C=O) groups excluding carboxylic acids is 1. The number of rotatable bonds is 3.